The summed E-state index contributed by atoms with van der Waals surface area (Å²) in [7, 11) is 6.61. The molecule has 0 atom stereocenters. The molecule has 16 heteroatoms. The van der Waals surface area contributed by atoms with Crippen LogP contribution in [0.1, 0.15) is 110 Å². The van der Waals surface area contributed by atoms with E-state index in [-0.39, 0.29) is 85.2 Å². The van der Waals surface area contributed by atoms with E-state index >= 15 is 0 Å². The monoisotopic (exact) mass is 1400 g/mol. The Balaban J connectivity index is 0.000000342. The number of halogens is 2. The van der Waals surface area contributed by atoms with Gasteiger partial charge in [-0.1, -0.05) is 195 Å². The fraction of sp³-hybridized carbons (Fsp3) is 0.351. The van der Waals surface area contributed by atoms with Crippen molar-refractivity contribution in [2.45, 2.75) is 78.3 Å². The van der Waals surface area contributed by atoms with Crippen molar-refractivity contribution in [2.75, 3.05) is 81.3 Å². The van der Waals surface area contributed by atoms with Crippen LogP contribution >= 0.6 is 31.9 Å². The minimum Gasteiger partial charge on any atom is -1.00 e. The molecular weight excluding hydrogens is 1320 g/mol. The van der Waals surface area contributed by atoms with Crippen LogP contribution in [-0.2, 0) is 38.1 Å². The summed E-state index contributed by atoms with van der Waals surface area (Å²) >= 11 is 7.03. The summed E-state index contributed by atoms with van der Waals surface area (Å²) in [5.41, 5.74) is 13.8. The normalized spacial score (nSPS) is 12.0. The smallest absolute Gasteiger partial charge is 1.00 e. The van der Waals surface area contributed by atoms with E-state index in [0.29, 0.717) is 59.3 Å². The van der Waals surface area contributed by atoms with Crippen LogP contribution in [0.5, 0.6) is 23.0 Å². The summed E-state index contributed by atoms with van der Waals surface area (Å²) in [6.45, 7) is 15.2. The van der Waals surface area contributed by atoms with Crippen molar-refractivity contribution in [3.8, 4) is 67.5 Å². The molecule has 1 saturated heterocycles. The standard InChI is InChI=1S/C39H46O7.C29H24Br2O3.C5H12O2.C4H8O.Na.H/c1-38(2,23-40)25-45-21-33-19-31(15-17-35(33)43-5)27-7-11-29(12-8-27)37(42)30-13-9-28(10-14-30)32-16-18-36(44-6)34(20-32)22-46-26-39(3,4)24-41;1-33-27-13-11-23(15-25(27)17-30)19-3-7-21(8-4-19)29(32)22-9-5-20(6-10-22)24-12-14-28(34-2)26(16-24)18-31;1-5(2,3-6)4-7;1-2-4-5-3-1;;/h7-20,40-41H,21-26H2,1-6H3;3-16H,17-18H2,1-2H3;6-7H,3-4H2,1-2H3;1-4H2;;/q;;;;+1;-1. The molecule has 1 heterocycles. The Hall–Kier alpha value is -6.02. The molecule has 0 unspecified atom stereocenters. The van der Waals surface area contributed by atoms with Crippen molar-refractivity contribution in [2.24, 2.45) is 16.2 Å². The van der Waals surface area contributed by atoms with Gasteiger partial charge in [-0.25, -0.2) is 0 Å². The molecule has 1 aliphatic heterocycles. The van der Waals surface area contributed by atoms with Gasteiger partial charge in [-0.3, -0.25) is 9.59 Å². The van der Waals surface area contributed by atoms with E-state index in [1.165, 1.54) is 12.8 Å². The number of carbonyl (C=O) groups is 2. The first-order valence-electron chi connectivity index (χ1n) is 30.7. The molecule has 93 heavy (non-hydrogen) atoms. The molecule has 8 aromatic carbocycles. The van der Waals surface area contributed by atoms with E-state index in [4.69, 9.17) is 43.4 Å². The van der Waals surface area contributed by atoms with Crippen molar-refractivity contribution in [1.29, 1.82) is 0 Å². The van der Waals surface area contributed by atoms with Gasteiger partial charge in [-0.05, 0) is 106 Å². The molecule has 0 aromatic heterocycles. The van der Waals surface area contributed by atoms with Crippen molar-refractivity contribution in [3.63, 3.8) is 0 Å². The zero-order valence-corrected chi connectivity index (χ0v) is 61.0. The van der Waals surface area contributed by atoms with Gasteiger partial charge in [0.1, 0.15) is 23.0 Å². The number of rotatable bonds is 26. The summed E-state index contributed by atoms with van der Waals surface area (Å²) in [6, 6.07) is 54.8. The van der Waals surface area contributed by atoms with Crippen molar-refractivity contribution in [1.82, 2.24) is 0 Å². The molecule has 1 fully saturated rings. The van der Waals surface area contributed by atoms with Gasteiger partial charge in [0.2, 0.25) is 0 Å². The Morgan fingerprint density at radius 3 is 0.828 bits per heavy atom. The maximum Gasteiger partial charge on any atom is 1.00 e. The molecular formula is C77H91Br2NaO13. The first-order chi connectivity index (χ1) is 44.2. The fourth-order valence-electron chi connectivity index (χ4n) is 9.38. The minimum atomic E-state index is -0.318. The largest absolute Gasteiger partial charge is 1.00 e. The van der Waals surface area contributed by atoms with Crippen LogP contribution in [0.2, 0.25) is 0 Å². The molecule has 9 rings (SSSR count). The molecule has 0 spiro atoms. The predicted molar refractivity (Wildman–Crippen MR) is 376 cm³/mol. The summed E-state index contributed by atoms with van der Waals surface area (Å²) < 4.78 is 38.6. The van der Waals surface area contributed by atoms with Crippen molar-refractivity contribution in [3.05, 3.63) is 214 Å². The number of ketones is 2. The third kappa shape index (κ3) is 23.4. The molecule has 4 N–H and O–H groups in total. The van der Waals surface area contributed by atoms with Gasteiger partial charge < -0.3 is 55.0 Å². The number of methoxy groups -OCH3 is 4. The molecule has 0 aliphatic carbocycles. The number of benzene rings is 8. The average Bonchev–Trinajstić information content (AvgIpc) is 0.866. The number of alkyl halides is 2. The minimum absolute atomic E-state index is 0. The molecule has 0 saturated carbocycles. The predicted octanol–water partition coefficient (Wildman–Crippen LogP) is 13.3. The number of carbonyl (C=O) groups excluding carboxylic acids is 2. The Morgan fingerprint density at radius 1 is 0.387 bits per heavy atom. The maximum absolute atomic E-state index is 13.4. The van der Waals surface area contributed by atoms with Gasteiger partial charge in [0.05, 0.1) is 81.3 Å². The van der Waals surface area contributed by atoms with Crippen LogP contribution in [0.3, 0.4) is 0 Å². The third-order valence-corrected chi connectivity index (χ3v) is 16.6. The van der Waals surface area contributed by atoms with Crippen molar-refractivity contribution < 1.29 is 94.2 Å². The summed E-state index contributed by atoms with van der Waals surface area (Å²) in [5, 5.41) is 37.3. The van der Waals surface area contributed by atoms with Gasteiger partial charge in [0.25, 0.3) is 0 Å². The average molecular weight is 1410 g/mol. The molecule has 0 amide bonds. The first-order valence-corrected chi connectivity index (χ1v) is 32.9. The summed E-state index contributed by atoms with van der Waals surface area (Å²) in [4.78, 5) is 26.4. The SMILES string of the molecule is C1CCOC1.CC(C)(CO)CO.COc1ccc(-c2ccc(C(=O)c3ccc(-c4ccc(OC)c(CBr)c4)cc3)cc2)cc1CBr.COc1ccc(-c2ccc(C(=O)c3ccc(-c4ccc(OC)c(COCC(C)(C)CO)c4)cc3)cc2)cc1COCC(C)(C)CO.[H-].[Na+]. The van der Waals surface area contributed by atoms with E-state index in [1.807, 2.05) is 185 Å². The Labute approximate surface area is 590 Å². The molecule has 492 valence electrons. The fourth-order valence-corrected chi connectivity index (χ4v) is 10.3. The number of hydrogen-bond acceptors (Lipinski definition) is 13. The quantitative estimate of drug-likeness (QED) is 0.0229. The second-order valence-electron chi connectivity index (χ2n) is 24.8. The van der Waals surface area contributed by atoms with Crippen LogP contribution in [0, 0.1) is 16.2 Å². The van der Waals surface area contributed by atoms with E-state index in [2.05, 4.69) is 44.0 Å². The van der Waals surface area contributed by atoms with Crippen LogP contribution in [-0.4, -0.2) is 113 Å². The summed E-state index contributed by atoms with van der Waals surface area (Å²) in [6.07, 6.45) is 2.56. The summed E-state index contributed by atoms with van der Waals surface area (Å²) in [5.74, 6) is 3.14. The first kappa shape index (κ1) is 77.7. The van der Waals surface area contributed by atoms with E-state index in [0.717, 1.165) is 103 Å². The molecule has 0 bridgehead atoms. The van der Waals surface area contributed by atoms with Crippen LogP contribution in [0.25, 0.3) is 44.5 Å². The number of aliphatic hydroxyl groups excluding tert-OH is 4. The maximum atomic E-state index is 13.4. The van der Waals surface area contributed by atoms with Gasteiger partial charge in [0, 0.05) is 84.6 Å². The van der Waals surface area contributed by atoms with Crippen LogP contribution in [0.4, 0.5) is 0 Å². The van der Waals surface area contributed by atoms with Gasteiger partial charge >= 0.3 is 29.6 Å². The van der Waals surface area contributed by atoms with Gasteiger partial charge in [-0.15, -0.1) is 0 Å². The number of ether oxygens (including phenoxy) is 7. The van der Waals surface area contributed by atoms with Crippen LogP contribution in [0.15, 0.2) is 170 Å². The Morgan fingerprint density at radius 2 is 0.624 bits per heavy atom. The third-order valence-electron chi connectivity index (χ3n) is 15.4. The van der Waals surface area contributed by atoms with Crippen molar-refractivity contribution >= 4 is 43.4 Å². The van der Waals surface area contributed by atoms with E-state index in [1.54, 1.807) is 42.3 Å². The van der Waals surface area contributed by atoms with E-state index < -0.39 is 0 Å². The molecule has 8 aromatic rings. The second-order valence-corrected chi connectivity index (χ2v) is 25.9. The number of aliphatic hydroxyl groups is 4. The van der Waals surface area contributed by atoms with Gasteiger partial charge in [-0.2, -0.15) is 0 Å². The topological polar surface area (TPSA) is 180 Å². The van der Waals surface area contributed by atoms with E-state index in [9.17, 15) is 19.8 Å². The number of hydrogen-bond donors (Lipinski definition) is 4. The molecule has 13 nitrogen and oxygen atoms in total. The molecule has 0 radical (unpaired) electrons. The zero-order chi connectivity index (χ0) is 66.8. The second kappa shape index (κ2) is 38.5. The Bertz CT molecular complexity index is 3360. The Kier molecular flexibility index (Phi) is 32.2. The van der Waals surface area contributed by atoms with Crippen LogP contribution < -0.4 is 48.5 Å². The zero-order valence-electron chi connectivity index (χ0n) is 56.8. The molecule has 1 aliphatic rings. The van der Waals surface area contributed by atoms with Gasteiger partial charge in [0.15, 0.2) is 11.6 Å².